The Hall–Kier alpha value is -1.06. The lowest BCUT2D eigenvalue weighted by Gasteiger charge is -2.10. The van der Waals surface area contributed by atoms with Crippen LogP contribution in [0, 0.1) is 0 Å². The summed E-state index contributed by atoms with van der Waals surface area (Å²) >= 11 is 0. The van der Waals surface area contributed by atoms with Gasteiger partial charge in [-0.3, -0.25) is 0 Å². The zero-order chi connectivity index (χ0) is 15.2. The van der Waals surface area contributed by atoms with Gasteiger partial charge in [0.15, 0.2) is 5.75 Å². The van der Waals surface area contributed by atoms with Gasteiger partial charge in [0.25, 0.3) is 0 Å². The average Bonchev–Trinajstić information content (AvgIpc) is 2.52. The lowest BCUT2D eigenvalue weighted by Crippen LogP contribution is -2.07. The van der Waals surface area contributed by atoms with Crippen LogP contribution in [0.1, 0.15) is 57.9 Å². The fourth-order valence-electron chi connectivity index (χ4n) is 2.23. The molecule has 3 nitrogen and oxygen atoms in total. The second kappa shape index (κ2) is 12.7. The van der Waals surface area contributed by atoms with Gasteiger partial charge in [-0.15, -0.1) is 0 Å². The number of unbranched alkanes of at least 4 members (excludes halogenated alkanes) is 5. The third kappa shape index (κ3) is 8.74. The summed E-state index contributed by atoms with van der Waals surface area (Å²) in [7, 11) is 0. The van der Waals surface area contributed by atoms with E-state index >= 15 is 0 Å². The highest BCUT2D eigenvalue weighted by atomic mass is 17.2. The van der Waals surface area contributed by atoms with Gasteiger partial charge in [-0.2, -0.15) is 4.89 Å². The second-order valence-corrected chi connectivity index (χ2v) is 5.23. The van der Waals surface area contributed by atoms with Crippen molar-refractivity contribution in [1.29, 1.82) is 0 Å². The SMILES string of the molecule is CCCCCCCCc1ccccc1OOCCOCC. The van der Waals surface area contributed by atoms with Gasteiger partial charge in [-0.25, -0.2) is 0 Å². The van der Waals surface area contributed by atoms with E-state index in [0.717, 1.165) is 12.2 Å². The molecule has 0 radical (unpaired) electrons. The van der Waals surface area contributed by atoms with Crippen LogP contribution < -0.4 is 4.89 Å². The molecule has 0 atom stereocenters. The van der Waals surface area contributed by atoms with Gasteiger partial charge in [0.05, 0.1) is 6.61 Å². The van der Waals surface area contributed by atoms with Crippen molar-refractivity contribution in [3.63, 3.8) is 0 Å². The highest BCUT2D eigenvalue weighted by Crippen LogP contribution is 2.21. The summed E-state index contributed by atoms with van der Waals surface area (Å²) in [6.07, 6.45) is 8.90. The molecular formula is C18H30O3. The van der Waals surface area contributed by atoms with E-state index < -0.39 is 0 Å². The second-order valence-electron chi connectivity index (χ2n) is 5.23. The van der Waals surface area contributed by atoms with Crippen molar-refractivity contribution < 1.29 is 14.5 Å². The smallest absolute Gasteiger partial charge is 0.168 e. The van der Waals surface area contributed by atoms with Gasteiger partial charge < -0.3 is 9.62 Å². The maximum atomic E-state index is 5.40. The molecule has 0 aromatic heterocycles. The van der Waals surface area contributed by atoms with Crippen molar-refractivity contribution in [2.45, 2.75) is 58.8 Å². The molecule has 0 heterocycles. The molecule has 0 fully saturated rings. The van der Waals surface area contributed by atoms with Crippen molar-refractivity contribution in [1.82, 2.24) is 0 Å². The van der Waals surface area contributed by atoms with E-state index in [0.29, 0.717) is 19.8 Å². The Bertz CT molecular complexity index is 352. The van der Waals surface area contributed by atoms with Crippen LogP contribution in [0.5, 0.6) is 5.75 Å². The number of ether oxygens (including phenoxy) is 1. The Morgan fingerprint density at radius 3 is 2.43 bits per heavy atom. The molecule has 0 aliphatic carbocycles. The van der Waals surface area contributed by atoms with E-state index in [1.54, 1.807) is 0 Å². The summed E-state index contributed by atoms with van der Waals surface area (Å²) in [5.74, 6) is 0.836. The monoisotopic (exact) mass is 294 g/mol. The third-order valence-corrected chi connectivity index (χ3v) is 3.44. The highest BCUT2D eigenvalue weighted by molar-refractivity contribution is 5.32. The van der Waals surface area contributed by atoms with E-state index in [1.165, 1.54) is 44.1 Å². The molecule has 0 aliphatic heterocycles. The van der Waals surface area contributed by atoms with E-state index in [1.807, 2.05) is 19.1 Å². The normalized spacial score (nSPS) is 10.8. The predicted molar refractivity (Wildman–Crippen MR) is 86.6 cm³/mol. The third-order valence-electron chi connectivity index (χ3n) is 3.44. The van der Waals surface area contributed by atoms with Crippen LogP contribution in [0.3, 0.4) is 0 Å². The van der Waals surface area contributed by atoms with Crippen LogP contribution in [0.15, 0.2) is 24.3 Å². The molecule has 1 aromatic carbocycles. The number of hydrogen-bond donors (Lipinski definition) is 0. The minimum Gasteiger partial charge on any atom is -0.379 e. The molecule has 0 amide bonds. The molecule has 120 valence electrons. The van der Waals surface area contributed by atoms with Crippen molar-refractivity contribution in [2.75, 3.05) is 19.8 Å². The summed E-state index contributed by atoms with van der Waals surface area (Å²) in [6.45, 7) is 5.95. The van der Waals surface area contributed by atoms with Crippen LogP contribution in [0.4, 0.5) is 0 Å². The Morgan fingerprint density at radius 2 is 1.62 bits per heavy atom. The molecule has 21 heavy (non-hydrogen) atoms. The zero-order valence-electron chi connectivity index (χ0n) is 13.6. The molecule has 1 aromatic rings. The van der Waals surface area contributed by atoms with Gasteiger partial charge in [-0.1, -0.05) is 57.2 Å². The fraction of sp³-hybridized carbons (Fsp3) is 0.667. The first-order chi connectivity index (χ1) is 10.4. The van der Waals surface area contributed by atoms with Crippen molar-refractivity contribution in [3.8, 4) is 5.75 Å². The molecule has 0 saturated heterocycles. The van der Waals surface area contributed by atoms with E-state index in [2.05, 4.69) is 19.1 Å². The average molecular weight is 294 g/mol. The van der Waals surface area contributed by atoms with Crippen molar-refractivity contribution in [3.05, 3.63) is 29.8 Å². The minimum absolute atomic E-state index is 0.458. The Balaban J connectivity index is 2.23. The van der Waals surface area contributed by atoms with E-state index in [-0.39, 0.29) is 0 Å². The quantitative estimate of drug-likeness (QED) is 0.293. The van der Waals surface area contributed by atoms with E-state index in [4.69, 9.17) is 14.5 Å². The van der Waals surface area contributed by atoms with Crippen LogP contribution in [0.25, 0.3) is 0 Å². The molecule has 0 bridgehead atoms. The summed E-state index contributed by atoms with van der Waals surface area (Å²) in [5, 5.41) is 0. The topological polar surface area (TPSA) is 27.7 Å². The van der Waals surface area contributed by atoms with Gasteiger partial charge in [0, 0.05) is 6.61 Å². The summed E-state index contributed by atoms with van der Waals surface area (Å²) in [5.41, 5.74) is 1.23. The number of benzene rings is 1. The maximum absolute atomic E-state index is 5.40. The summed E-state index contributed by atoms with van der Waals surface area (Å²) in [6, 6.07) is 8.12. The first kappa shape index (κ1) is 18.0. The fourth-order valence-corrected chi connectivity index (χ4v) is 2.23. The zero-order valence-corrected chi connectivity index (χ0v) is 13.6. The maximum Gasteiger partial charge on any atom is 0.168 e. The Kier molecular flexibility index (Phi) is 10.8. The molecule has 3 heteroatoms. The van der Waals surface area contributed by atoms with E-state index in [9.17, 15) is 0 Å². The van der Waals surface area contributed by atoms with Gasteiger partial charge in [0.1, 0.15) is 6.61 Å². The van der Waals surface area contributed by atoms with Gasteiger partial charge in [-0.05, 0) is 31.4 Å². The number of hydrogen-bond acceptors (Lipinski definition) is 3. The minimum atomic E-state index is 0.458. The number of para-hydroxylation sites is 1. The Labute approximate surface area is 129 Å². The standard InChI is InChI=1S/C18H30O3/c1-3-5-6-7-8-9-12-17-13-10-11-14-18(17)21-20-16-15-19-4-2/h10-11,13-14H,3-9,12,15-16H2,1-2H3. The van der Waals surface area contributed by atoms with Crippen LogP contribution >= 0.6 is 0 Å². The molecule has 1 rings (SSSR count). The first-order valence-electron chi connectivity index (χ1n) is 8.33. The van der Waals surface area contributed by atoms with Crippen LogP contribution in [-0.4, -0.2) is 19.8 Å². The van der Waals surface area contributed by atoms with Crippen molar-refractivity contribution in [2.24, 2.45) is 0 Å². The van der Waals surface area contributed by atoms with Crippen molar-refractivity contribution >= 4 is 0 Å². The highest BCUT2D eigenvalue weighted by Gasteiger charge is 2.04. The van der Waals surface area contributed by atoms with Crippen LogP contribution in [0.2, 0.25) is 0 Å². The number of aryl methyl sites for hydroxylation is 1. The van der Waals surface area contributed by atoms with Gasteiger partial charge in [0.2, 0.25) is 0 Å². The predicted octanol–water partition coefficient (Wildman–Crippen LogP) is 4.94. The first-order valence-corrected chi connectivity index (χ1v) is 8.33. The Morgan fingerprint density at radius 1 is 0.857 bits per heavy atom. The summed E-state index contributed by atoms with van der Waals surface area (Å²) < 4.78 is 5.21. The molecule has 0 unspecified atom stereocenters. The summed E-state index contributed by atoms with van der Waals surface area (Å²) in [4.78, 5) is 10.6. The largest absolute Gasteiger partial charge is 0.379 e. The molecule has 0 spiro atoms. The lowest BCUT2D eigenvalue weighted by atomic mass is 10.0. The van der Waals surface area contributed by atoms with Gasteiger partial charge >= 0.3 is 0 Å². The van der Waals surface area contributed by atoms with Crippen LogP contribution in [-0.2, 0) is 16.0 Å². The molecular weight excluding hydrogens is 264 g/mol. The molecule has 0 N–H and O–H groups in total. The number of rotatable bonds is 13. The lowest BCUT2D eigenvalue weighted by molar-refractivity contribution is -0.215. The molecule has 0 saturated carbocycles. The molecule has 0 aliphatic rings.